The van der Waals surface area contributed by atoms with E-state index >= 15 is 0 Å². The Morgan fingerprint density at radius 2 is 1.83 bits per heavy atom. The summed E-state index contributed by atoms with van der Waals surface area (Å²) in [6, 6.07) is 12.0. The van der Waals surface area contributed by atoms with Gasteiger partial charge in [0.1, 0.15) is 6.04 Å². The van der Waals surface area contributed by atoms with E-state index < -0.39 is 22.0 Å². The van der Waals surface area contributed by atoms with E-state index in [1.807, 2.05) is 24.3 Å². The van der Waals surface area contributed by atoms with Crippen LogP contribution in [-0.2, 0) is 32.6 Å². The zero-order chi connectivity index (χ0) is 20.8. The Labute approximate surface area is 167 Å². The maximum Gasteiger partial charge on any atom is 0.322 e. The Balaban J connectivity index is 1.73. The van der Waals surface area contributed by atoms with Gasteiger partial charge in [0.2, 0.25) is 15.9 Å². The fourth-order valence-corrected chi connectivity index (χ4v) is 5.25. The highest BCUT2D eigenvalue weighted by atomic mass is 32.2. The summed E-state index contributed by atoms with van der Waals surface area (Å²) in [7, 11) is -4.06. The second-order valence-corrected chi connectivity index (χ2v) is 8.83. The zero-order valence-electron chi connectivity index (χ0n) is 15.5. The molecule has 4 rings (SSSR count). The number of nitrogens with zero attached hydrogens (tertiary/aromatic N) is 1. The molecular weight excluding hydrogens is 394 g/mol. The molecule has 0 spiro atoms. The molecule has 9 heteroatoms. The quantitative estimate of drug-likeness (QED) is 0.606. The van der Waals surface area contributed by atoms with Gasteiger partial charge in [-0.25, -0.2) is 8.42 Å². The average molecular weight is 413 g/mol. The molecule has 1 atom stereocenters. The number of aliphatic carboxylic acids is 1. The Bertz CT molecular complexity index is 1210. The van der Waals surface area contributed by atoms with Crippen LogP contribution in [0.25, 0.3) is 10.9 Å². The average Bonchev–Trinajstić information content (AvgIpc) is 3.04. The van der Waals surface area contributed by atoms with Gasteiger partial charge >= 0.3 is 5.97 Å². The lowest BCUT2D eigenvalue weighted by atomic mass is 9.99. The zero-order valence-corrected chi connectivity index (χ0v) is 16.4. The largest absolute Gasteiger partial charge is 0.480 e. The molecule has 0 fully saturated rings. The fourth-order valence-electron chi connectivity index (χ4n) is 3.70. The molecule has 29 heavy (non-hydrogen) atoms. The lowest BCUT2D eigenvalue weighted by molar-refractivity contribution is -0.141. The van der Waals surface area contributed by atoms with Crippen LogP contribution in [-0.4, -0.2) is 40.7 Å². The van der Waals surface area contributed by atoms with Crippen molar-refractivity contribution >= 4 is 38.5 Å². The Morgan fingerprint density at radius 3 is 2.48 bits per heavy atom. The van der Waals surface area contributed by atoms with Crippen LogP contribution >= 0.6 is 0 Å². The molecule has 3 aromatic rings. The van der Waals surface area contributed by atoms with E-state index in [1.165, 1.54) is 31.2 Å². The maximum atomic E-state index is 13.2. The van der Waals surface area contributed by atoms with Gasteiger partial charge in [-0.3, -0.25) is 9.59 Å². The molecule has 3 N–H and O–H groups in total. The number of amides is 1. The molecule has 1 aliphatic heterocycles. The van der Waals surface area contributed by atoms with Gasteiger partial charge in [0.25, 0.3) is 0 Å². The number of hydrogen-bond acceptors (Lipinski definition) is 4. The molecule has 0 saturated carbocycles. The maximum absolute atomic E-state index is 13.2. The van der Waals surface area contributed by atoms with Crippen LogP contribution in [0, 0.1) is 0 Å². The molecule has 1 aliphatic rings. The van der Waals surface area contributed by atoms with E-state index in [0.29, 0.717) is 11.4 Å². The predicted molar refractivity (Wildman–Crippen MR) is 107 cm³/mol. The first kappa shape index (κ1) is 19.2. The van der Waals surface area contributed by atoms with Gasteiger partial charge in [-0.2, -0.15) is 4.31 Å². The van der Waals surface area contributed by atoms with Crippen LogP contribution in [0.15, 0.2) is 53.4 Å². The molecular formula is C20H19N3O5S. The molecule has 2 heterocycles. The van der Waals surface area contributed by atoms with Crippen molar-refractivity contribution in [2.75, 3.05) is 5.32 Å². The van der Waals surface area contributed by atoms with E-state index in [4.69, 9.17) is 0 Å². The molecule has 1 amide bonds. The highest BCUT2D eigenvalue weighted by molar-refractivity contribution is 7.89. The molecule has 8 nitrogen and oxygen atoms in total. The normalized spacial score (nSPS) is 17.1. The number of anilines is 1. The van der Waals surface area contributed by atoms with Gasteiger partial charge in [-0.1, -0.05) is 18.2 Å². The number of sulfonamides is 1. The van der Waals surface area contributed by atoms with Crippen molar-refractivity contribution in [1.29, 1.82) is 0 Å². The van der Waals surface area contributed by atoms with Gasteiger partial charge in [0.05, 0.1) is 11.4 Å². The van der Waals surface area contributed by atoms with Gasteiger partial charge in [0.15, 0.2) is 0 Å². The first-order valence-corrected chi connectivity index (χ1v) is 10.4. The molecule has 0 saturated heterocycles. The second-order valence-electron chi connectivity index (χ2n) is 6.94. The standard InChI is InChI=1S/C20H19N3O5S/c1-12(24)21-13-6-8-14(9-7-13)29(27,28)23-11-18-16(10-19(23)20(25)26)15-4-2-3-5-17(15)22-18/h2-9,19,22H,10-11H2,1H3,(H,21,24)(H,25,26). The number of aromatic nitrogens is 1. The van der Waals surface area contributed by atoms with Crippen LogP contribution in [0.2, 0.25) is 0 Å². The van der Waals surface area contributed by atoms with Crippen LogP contribution < -0.4 is 5.32 Å². The van der Waals surface area contributed by atoms with Crippen molar-refractivity contribution < 1.29 is 23.1 Å². The summed E-state index contributed by atoms with van der Waals surface area (Å²) < 4.78 is 27.5. The van der Waals surface area contributed by atoms with Crippen LogP contribution in [0.1, 0.15) is 18.2 Å². The van der Waals surface area contributed by atoms with Gasteiger partial charge in [-0.15, -0.1) is 0 Å². The number of benzene rings is 2. The molecule has 1 aromatic heterocycles. The molecule has 2 aromatic carbocycles. The SMILES string of the molecule is CC(=O)Nc1ccc(S(=O)(=O)N2Cc3[nH]c4ccccc4c3CC2C(=O)O)cc1. The molecule has 0 aliphatic carbocycles. The smallest absolute Gasteiger partial charge is 0.322 e. The minimum atomic E-state index is -4.06. The number of para-hydroxylation sites is 1. The third-order valence-electron chi connectivity index (χ3n) is 5.03. The first-order valence-electron chi connectivity index (χ1n) is 8.98. The van der Waals surface area contributed by atoms with Crippen molar-refractivity contribution in [3.63, 3.8) is 0 Å². The van der Waals surface area contributed by atoms with Crippen LogP contribution in [0.3, 0.4) is 0 Å². The minimum Gasteiger partial charge on any atom is -0.480 e. The van der Waals surface area contributed by atoms with E-state index in [0.717, 1.165) is 20.8 Å². The third kappa shape index (κ3) is 3.39. The molecule has 1 unspecified atom stereocenters. The van der Waals surface area contributed by atoms with E-state index in [1.54, 1.807) is 0 Å². The summed E-state index contributed by atoms with van der Waals surface area (Å²) in [4.78, 5) is 26.2. The van der Waals surface area contributed by atoms with Crippen molar-refractivity contribution in [2.45, 2.75) is 30.8 Å². The van der Waals surface area contributed by atoms with Crippen LogP contribution in [0.5, 0.6) is 0 Å². The summed E-state index contributed by atoms with van der Waals surface area (Å²) in [6.45, 7) is 1.30. The van der Waals surface area contributed by atoms with Gasteiger partial charge in [0, 0.05) is 35.6 Å². The number of carbonyl (C=O) groups is 2. The van der Waals surface area contributed by atoms with Crippen molar-refractivity contribution in [1.82, 2.24) is 9.29 Å². The monoisotopic (exact) mass is 413 g/mol. The van der Waals surface area contributed by atoms with E-state index in [-0.39, 0.29) is 23.8 Å². The summed E-state index contributed by atoms with van der Waals surface area (Å²) in [6.07, 6.45) is 0.0812. The first-order chi connectivity index (χ1) is 13.8. The summed E-state index contributed by atoms with van der Waals surface area (Å²) in [5.74, 6) is -1.46. The highest BCUT2D eigenvalue weighted by Crippen LogP contribution is 2.33. The number of H-pyrrole nitrogens is 1. The lowest BCUT2D eigenvalue weighted by Crippen LogP contribution is -2.48. The Kier molecular flexibility index (Phi) is 4.64. The molecule has 0 radical (unpaired) electrons. The molecule has 0 bridgehead atoms. The number of rotatable bonds is 4. The van der Waals surface area contributed by atoms with Crippen molar-refractivity contribution in [3.8, 4) is 0 Å². The summed E-state index contributed by atoms with van der Waals surface area (Å²) >= 11 is 0. The number of carboxylic acid groups (broad SMARTS) is 1. The number of carbonyl (C=O) groups excluding carboxylic acids is 1. The Morgan fingerprint density at radius 1 is 1.14 bits per heavy atom. The Hall–Kier alpha value is -3.17. The number of fused-ring (bicyclic) bond motifs is 3. The lowest BCUT2D eigenvalue weighted by Gasteiger charge is -2.32. The molecule has 150 valence electrons. The number of aromatic amines is 1. The van der Waals surface area contributed by atoms with Crippen molar-refractivity contribution in [2.24, 2.45) is 0 Å². The number of nitrogens with one attached hydrogen (secondary N) is 2. The third-order valence-corrected chi connectivity index (χ3v) is 6.90. The predicted octanol–water partition coefficient (Wildman–Crippen LogP) is 2.33. The van der Waals surface area contributed by atoms with E-state index in [9.17, 15) is 23.1 Å². The number of hydrogen-bond donors (Lipinski definition) is 3. The fraction of sp³-hybridized carbons (Fsp3) is 0.200. The summed E-state index contributed by atoms with van der Waals surface area (Å²) in [5.41, 5.74) is 2.84. The van der Waals surface area contributed by atoms with Gasteiger partial charge in [-0.05, 0) is 35.9 Å². The van der Waals surface area contributed by atoms with Crippen LogP contribution in [0.4, 0.5) is 5.69 Å². The highest BCUT2D eigenvalue weighted by Gasteiger charge is 2.41. The topological polar surface area (TPSA) is 120 Å². The minimum absolute atomic E-state index is 0.0302. The second kappa shape index (κ2) is 7.02. The van der Waals surface area contributed by atoms with Crippen molar-refractivity contribution in [3.05, 3.63) is 59.8 Å². The van der Waals surface area contributed by atoms with Gasteiger partial charge < -0.3 is 15.4 Å². The summed E-state index contributed by atoms with van der Waals surface area (Å²) in [5, 5.41) is 13.2. The van der Waals surface area contributed by atoms with E-state index in [2.05, 4.69) is 10.3 Å². The number of carboxylic acids is 1.